The second-order valence-corrected chi connectivity index (χ2v) is 10.9. The van der Waals surface area contributed by atoms with Gasteiger partial charge in [0.25, 0.3) is 0 Å². The lowest BCUT2D eigenvalue weighted by molar-refractivity contribution is -0.121. The largest absolute Gasteiger partial charge is 0.367 e. The molecule has 1 atom stereocenters. The van der Waals surface area contributed by atoms with Crippen LogP contribution in [0.4, 0.5) is 5.82 Å². The van der Waals surface area contributed by atoms with E-state index in [0.29, 0.717) is 23.8 Å². The number of H-pyrrole nitrogens is 1. The minimum Gasteiger partial charge on any atom is -0.367 e. The molecule has 1 aliphatic carbocycles. The van der Waals surface area contributed by atoms with Gasteiger partial charge in [-0.2, -0.15) is 0 Å². The van der Waals surface area contributed by atoms with Crippen LogP contribution in [0.15, 0.2) is 36.7 Å². The van der Waals surface area contributed by atoms with Crippen LogP contribution in [0.5, 0.6) is 0 Å². The quantitative estimate of drug-likeness (QED) is 0.363. The van der Waals surface area contributed by atoms with Gasteiger partial charge in [-0.3, -0.25) is 4.79 Å². The highest BCUT2D eigenvalue weighted by Gasteiger charge is 2.34. The first-order valence-electron chi connectivity index (χ1n) is 13.2. The van der Waals surface area contributed by atoms with Gasteiger partial charge in [0.2, 0.25) is 5.91 Å². The first kappa shape index (κ1) is 23.7. The van der Waals surface area contributed by atoms with E-state index in [1.54, 1.807) is 6.20 Å². The lowest BCUT2D eigenvalue weighted by Crippen LogP contribution is -2.57. The van der Waals surface area contributed by atoms with Crippen LogP contribution in [-0.2, 0) is 4.79 Å². The summed E-state index contributed by atoms with van der Waals surface area (Å²) >= 11 is 6.39. The highest BCUT2D eigenvalue weighted by molar-refractivity contribution is 6.29. The number of nitrogens with one attached hydrogen (secondary N) is 4. The molecule has 0 radical (unpaired) electrons. The van der Waals surface area contributed by atoms with Crippen LogP contribution in [0.3, 0.4) is 0 Å². The summed E-state index contributed by atoms with van der Waals surface area (Å²) in [6, 6.07) is 8.95. The van der Waals surface area contributed by atoms with E-state index in [2.05, 4.69) is 47.9 Å². The summed E-state index contributed by atoms with van der Waals surface area (Å²) in [4.78, 5) is 27.2. The Morgan fingerprint density at radius 2 is 1.92 bits per heavy atom. The van der Waals surface area contributed by atoms with Crippen molar-refractivity contribution in [2.24, 2.45) is 5.92 Å². The molecule has 4 aliphatic rings. The molecule has 7 rings (SSSR count). The molecule has 1 amide bonds. The number of anilines is 1. The third kappa shape index (κ3) is 5.21. The van der Waals surface area contributed by atoms with Crippen LogP contribution >= 0.6 is 11.6 Å². The number of halogens is 1. The number of hydrogen-bond acceptors (Lipinski definition) is 6. The van der Waals surface area contributed by atoms with Gasteiger partial charge in [0.15, 0.2) is 0 Å². The maximum atomic E-state index is 12.6. The van der Waals surface area contributed by atoms with Crippen LogP contribution in [0.2, 0.25) is 5.15 Å². The predicted molar refractivity (Wildman–Crippen MR) is 143 cm³/mol. The number of hydrogen-bond donors (Lipinski definition) is 4. The van der Waals surface area contributed by atoms with Crippen LogP contribution in [0.1, 0.15) is 38.5 Å². The number of aromatic nitrogens is 3. The summed E-state index contributed by atoms with van der Waals surface area (Å²) in [5.41, 5.74) is 2.92. The molecule has 2 bridgehead atoms. The predicted octanol–water partition coefficient (Wildman–Crippen LogP) is 3.80. The molecule has 6 heterocycles. The second kappa shape index (κ2) is 10.4. The van der Waals surface area contributed by atoms with Crippen molar-refractivity contribution in [1.29, 1.82) is 0 Å². The monoisotopic (exact) mass is 507 g/mol. The zero-order chi connectivity index (χ0) is 24.5. The average Bonchev–Trinajstić information content (AvgIpc) is 3.33. The summed E-state index contributed by atoms with van der Waals surface area (Å²) in [6.45, 7) is 3.95. The van der Waals surface area contributed by atoms with Crippen molar-refractivity contribution < 1.29 is 4.79 Å². The number of nitrogens with zero attached hydrogens (tertiary/aromatic N) is 3. The lowest BCUT2D eigenvalue weighted by atomic mass is 9.84. The number of piperidine rings is 3. The molecular weight excluding hydrogens is 474 g/mol. The zero-order valence-corrected chi connectivity index (χ0v) is 21.2. The molecule has 1 unspecified atom stereocenters. The molecule has 0 aromatic carbocycles. The molecule has 4 N–H and O–H groups in total. The van der Waals surface area contributed by atoms with E-state index in [0.717, 1.165) is 66.1 Å². The number of carbonyl (C=O) groups excluding carboxylic acids is 1. The fourth-order valence-corrected chi connectivity index (χ4v) is 6.42. The maximum absolute atomic E-state index is 12.6. The first-order chi connectivity index (χ1) is 17.6. The SMILES string of the molecule is O=C(CNC1CN2CCC1CC2)NC1CCC(Nc2cc(-c3c[nH]c4ncccc34)cc(Cl)n2)CC1. The van der Waals surface area contributed by atoms with Gasteiger partial charge in [-0.25, -0.2) is 9.97 Å². The van der Waals surface area contributed by atoms with E-state index in [9.17, 15) is 4.79 Å². The van der Waals surface area contributed by atoms with Crippen molar-refractivity contribution in [3.8, 4) is 11.1 Å². The third-order valence-electron chi connectivity index (χ3n) is 8.18. The molecule has 9 heteroatoms. The number of pyridine rings is 2. The fraction of sp³-hybridized carbons (Fsp3) is 0.519. The van der Waals surface area contributed by atoms with Gasteiger partial charge in [-0.1, -0.05) is 11.6 Å². The maximum Gasteiger partial charge on any atom is 0.234 e. The van der Waals surface area contributed by atoms with Crippen molar-refractivity contribution >= 4 is 34.4 Å². The molecule has 3 aromatic heterocycles. The van der Waals surface area contributed by atoms with Crippen molar-refractivity contribution in [2.75, 3.05) is 31.5 Å². The number of amides is 1. The summed E-state index contributed by atoms with van der Waals surface area (Å²) in [7, 11) is 0. The minimum absolute atomic E-state index is 0.122. The number of fused-ring (bicyclic) bond motifs is 4. The van der Waals surface area contributed by atoms with Gasteiger partial charge in [0, 0.05) is 48.0 Å². The van der Waals surface area contributed by atoms with E-state index >= 15 is 0 Å². The molecule has 3 aromatic rings. The Labute approximate surface area is 216 Å². The second-order valence-electron chi connectivity index (χ2n) is 10.6. The van der Waals surface area contributed by atoms with Crippen molar-refractivity contribution in [3.63, 3.8) is 0 Å². The van der Waals surface area contributed by atoms with Crippen molar-refractivity contribution in [1.82, 2.24) is 30.5 Å². The highest BCUT2D eigenvalue weighted by Crippen LogP contribution is 2.32. The molecule has 8 nitrogen and oxygen atoms in total. The normalized spacial score (nSPS) is 27.8. The van der Waals surface area contributed by atoms with Gasteiger partial charge in [-0.05, 0) is 87.4 Å². The van der Waals surface area contributed by atoms with E-state index in [1.807, 2.05) is 18.3 Å². The Hall–Kier alpha value is -2.68. The third-order valence-corrected chi connectivity index (χ3v) is 8.38. The fourth-order valence-electron chi connectivity index (χ4n) is 6.21. The summed E-state index contributed by atoms with van der Waals surface area (Å²) in [6.07, 6.45) is 10.2. The molecular formula is C27H34ClN7O. The molecule has 190 valence electrons. The standard InChI is InChI=1S/C27H34ClN7O/c28-24-12-18(22-14-31-27-21(22)2-1-9-29-27)13-25(34-24)32-19-3-5-20(6-4-19)33-26(36)15-30-23-16-35-10-7-17(23)8-11-35/h1-2,9,12-14,17,19-20,23,30H,3-8,10-11,15-16H2,(H,29,31)(H,32,34)(H,33,36). The number of rotatable bonds is 7. The van der Waals surface area contributed by atoms with E-state index in [1.165, 1.54) is 25.9 Å². The van der Waals surface area contributed by atoms with Gasteiger partial charge in [0.05, 0.1) is 6.54 Å². The molecule has 4 fully saturated rings. The van der Waals surface area contributed by atoms with Crippen molar-refractivity contribution in [2.45, 2.75) is 56.7 Å². The van der Waals surface area contributed by atoms with E-state index in [4.69, 9.17) is 11.6 Å². The molecule has 0 spiro atoms. The lowest BCUT2D eigenvalue weighted by Gasteiger charge is -2.45. The summed E-state index contributed by atoms with van der Waals surface area (Å²) in [5.74, 6) is 1.64. The molecule has 3 aliphatic heterocycles. The van der Waals surface area contributed by atoms with Crippen LogP contribution < -0.4 is 16.0 Å². The highest BCUT2D eigenvalue weighted by atomic mass is 35.5. The van der Waals surface area contributed by atoms with Gasteiger partial charge in [-0.15, -0.1) is 0 Å². The van der Waals surface area contributed by atoms with Gasteiger partial charge in [0.1, 0.15) is 16.6 Å². The van der Waals surface area contributed by atoms with Crippen LogP contribution in [0, 0.1) is 5.92 Å². The van der Waals surface area contributed by atoms with Crippen LogP contribution in [0.25, 0.3) is 22.2 Å². The topological polar surface area (TPSA) is 98.0 Å². The van der Waals surface area contributed by atoms with E-state index < -0.39 is 0 Å². The number of aromatic amines is 1. The van der Waals surface area contributed by atoms with Crippen LogP contribution in [-0.4, -0.2) is 70.1 Å². The smallest absolute Gasteiger partial charge is 0.234 e. The Balaban J connectivity index is 1.000. The van der Waals surface area contributed by atoms with Gasteiger partial charge < -0.3 is 25.8 Å². The molecule has 3 saturated heterocycles. The van der Waals surface area contributed by atoms with Gasteiger partial charge >= 0.3 is 0 Å². The van der Waals surface area contributed by atoms with E-state index in [-0.39, 0.29) is 11.9 Å². The zero-order valence-electron chi connectivity index (χ0n) is 20.5. The van der Waals surface area contributed by atoms with Crippen molar-refractivity contribution in [3.05, 3.63) is 41.8 Å². The Morgan fingerprint density at radius 3 is 2.69 bits per heavy atom. The Kier molecular flexibility index (Phi) is 6.82. The molecule has 36 heavy (non-hydrogen) atoms. The number of carbonyl (C=O) groups is 1. The molecule has 1 saturated carbocycles. The Bertz CT molecular complexity index is 1210. The minimum atomic E-state index is 0.122. The Morgan fingerprint density at radius 1 is 1.11 bits per heavy atom. The average molecular weight is 508 g/mol. The summed E-state index contributed by atoms with van der Waals surface area (Å²) in [5, 5.41) is 11.9. The first-order valence-corrected chi connectivity index (χ1v) is 13.6. The summed E-state index contributed by atoms with van der Waals surface area (Å²) < 4.78 is 0.